The highest BCUT2D eigenvalue weighted by Gasteiger charge is 2.27. The third-order valence-corrected chi connectivity index (χ3v) is 3.76. The Kier molecular flexibility index (Phi) is 4.75. The Balaban J connectivity index is 0.000000917. The molecule has 0 spiro atoms. The zero-order chi connectivity index (χ0) is 13.0. The molecular formula is C13H22N2OS. The van der Waals surface area contributed by atoms with Gasteiger partial charge < -0.3 is 5.32 Å². The minimum absolute atomic E-state index is 0. The summed E-state index contributed by atoms with van der Waals surface area (Å²) in [5.74, 6) is 0.747. The van der Waals surface area contributed by atoms with Crippen molar-refractivity contribution in [2.75, 3.05) is 11.9 Å². The van der Waals surface area contributed by atoms with Gasteiger partial charge in [0.25, 0.3) is 5.91 Å². The van der Waals surface area contributed by atoms with Crippen LogP contribution in [0.3, 0.4) is 0 Å². The van der Waals surface area contributed by atoms with Gasteiger partial charge in [-0.25, -0.2) is 0 Å². The van der Waals surface area contributed by atoms with E-state index in [0.717, 1.165) is 17.0 Å². The van der Waals surface area contributed by atoms with Gasteiger partial charge in [-0.2, -0.15) is 0 Å². The summed E-state index contributed by atoms with van der Waals surface area (Å²) in [6.45, 7) is 12.5. The number of aryl methyl sites for hydroxylation is 1. The number of amides is 1. The van der Waals surface area contributed by atoms with Crippen LogP contribution >= 0.6 is 11.3 Å². The highest BCUT2D eigenvalue weighted by Crippen LogP contribution is 2.33. The largest absolute Gasteiger partial charge is 0.341 e. The number of rotatable bonds is 2. The van der Waals surface area contributed by atoms with Crippen molar-refractivity contribution < 1.29 is 6.22 Å². The molecule has 0 fully saturated rings. The van der Waals surface area contributed by atoms with E-state index in [1.54, 1.807) is 16.2 Å². The molecule has 0 unspecified atom stereocenters. The molecule has 0 aliphatic carbocycles. The zero-order valence-corrected chi connectivity index (χ0v) is 11.8. The molecule has 1 amide bonds. The Morgan fingerprint density at radius 3 is 2.65 bits per heavy atom. The van der Waals surface area contributed by atoms with Crippen molar-refractivity contribution in [3.63, 3.8) is 0 Å². The number of nitrogens with zero attached hydrogens (tertiary/aromatic N) is 1. The van der Waals surface area contributed by atoms with Crippen LogP contribution in [-0.4, -0.2) is 17.4 Å². The molecule has 4 heteroatoms. The van der Waals surface area contributed by atoms with Crippen LogP contribution in [0.1, 0.15) is 43.7 Å². The van der Waals surface area contributed by atoms with Crippen molar-refractivity contribution in [3.05, 3.63) is 28.2 Å². The molecule has 17 heavy (non-hydrogen) atoms. The van der Waals surface area contributed by atoms with Gasteiger partial charge in [-0.05, 0) is 19.4 Å². The van der Waals surface area contributed by atoms with E-state index in [0.29, 0.717) is 12.4 Å². The van der Waals surface area contributed by atoms with Crippen molar-refractivity contribution in [1.82, 2.24) is 4.90 Å². The van der Waals surface area contributed by atoms with Gasteiger partial charge in [0.15, 0.2) is 0 Å². The van der Waals surface area contributed by atoms with Crippen LogP contribution in [0.5, 0.6) is 0 Å². The lowest BCUT2D eigenvalue weighted by Crippen LogP contribution is -2.36. The summed E-state index contributed by atoms with van der Waals surface area (Å²) in [5.41, 5.74) is 0.913. The maximum absolute atomic E-state index is 12.0. The lowest BCUT2D eigenvalue weighted by atomic mass is 10.2. The van der Waals surface area contributed by atoms with Crippen molar-refractivity contribution in [2.45, 2.75) is 34.1 Å². The van der Waals surface area contributed by atoms with Crippen LogP contribution in [0.15, 0.2) is 18.5 Å². The molecule has 2 heterocycles. The minimum Gasteiger partial charge on any atom is -0.341 e. The van der Waals surface area contributed by atoms with Crippen molar-refractivity contribution in [1.29, 1.82) is 0 Å². The molecular weight excluding hydrogens is 232 g/mol. The number of nitrogens with one attached hydrogen (secondary N) is 1. The number of anilines is 1. The van der Waals surface area contributed by atoms with E-state index in [4.69, 9.17) is 0 Å². The predicted octanol–water partition coefficient (Wildman–Crippen LogP) is 3.94. The van der Waals surface area contributed by atoms with Crippen molar-refractivity contribution >= 4 is 22.9 Å². The van der Waals surface area contributed by atoms with Crippen molar-refractivity contribution in [3.8, 4) is 0 Å². The monoisotopic (exact) mass is 254 g/mol. The number of thiophene rings is 1. The van der Waals surface area contributed by atoms with E-state index >= 15 is 0 Å². The molecule has 1 N–H and O–H groups in total. The first-order chi connectivity index (χ1) is 8.17. The lowest BCUT2D eigenvalue weighted by Gasteiger charge is -2.28. The summed E-state index contributed by atoms with van der Waals surface area (Å²) in [6, 6.07) is 2.04. The van der Waals surface area contributed by atoms with Gasteiger partial charge in [-0.1, -0.05) is 27.4 Å². The fraction of sp³-hybridized carbons (Fsp3) is 0.462. The Hall–Kier alpha value is -1.29. The van der Waals surface area contributed by atoms with E-state index in [9.17, 15) is 4.79 Å². The molecule has 0 aromatic carbocycles. The molecule has 0 radical (unpaired) electrons. The first kappa shape index (κ1) is 13.8. The van der Waals surface area contributed by atoms with E-state index in [1.165, 1.54) is 4.88 Å². The minimum atomic E-state index is 0. The number of hydrogen-bond acceptors (Lipinski definition) is 3. The van der Waals surface area contributed by atoms with E-state index in [2.05, 4.69) is 18.8 Å². The third-order valence-electron chi connectivity index (χ3n) is 2.49. The van der Waals surface area contributed by atoms with E-state index in [1.807, 2.05) is 26.8 Å². The van der Waals surface area contributed by atoms with E-state index in [-0.39, 0.29) is 7.33 Å². The highest BCUT2D eigenvalue weighted by molar-refractivity contribution is 7.14. The molecule has 1 aliphatic rings. The van der Waals surface area contributed by atoms with Gasteiger partial charge in [0.05, 0.1) is 5.69 Å². The molecule has 0 atom stereocenters. The second-order valence-corrected chi connectivity index (χ2v) is 4.57. The smallest absolute Gasteiger partial charge is 0.271 e. The van der Waals surface area contributed by atoms with Gasteiger partial charge in [-0.3, -0.25) is 9.69 Å². The molecule has 96 valence electrons. The quantitative estimate of drug-likeness (QED) is 0.867. The molecule has 3 nitrogen and oxygen atoms in total. The first-order valence-electron chi connectivity index (χ1n) is 6.07. The Bertz CT molecular complexity index is 429. The second kappa shape index (κ2) is 5.87. The van der Waals surface area contributed by atoms with Gasteiger partial charge in [-0.15, -0.1) is 11.3 Å². The lowest BCUT2D eigenvalue weighted by molar-refractivity contribution is 0.0814. The molecule has 1 aromatic heterocycles. The van der Waals surface area contributed by atoms with Crippen LogP contribution in [0.2, 0.25) is 0 Å². The topological polar surface area (TPSA) is 32.3 Å². The maximum atomic E-state index is 12.0. The second-order valence-electron chi connectivity index (χ2n) is 3.43. The number of carbonyl (C=O) groups is 1. The SMILES string of the molecule is C=C1Nc2cc(CC)sc2C(=O)N1CC.CC.[HH]. The summed E-state index contributed by atoms with van der Waals surface area (Å²) in [4.78, 5) is 15.7. The Morgan fingerprint density at radius 2 is 2.12 bits per heavy atom. The Morgan fingerprint density at radius 1 is 1.47 bits per heavy atom. The van der Waals surface area contributed by atoms with Crippen LogP contribution in [0.4, 0.5) is 5.69 Å². The summed E-state index contributed by atoms with van der Waals surface area (Å²) < 4.78 is 0. The normalized spacial score (nSPS) is 13.8. The van der Waals surface area contributed by atoms with Crippen LogP contribution in [0.25, 0.3) is 0 Å². The average Bonchev–Trinajstić information content (AvgIpc) is 2.75. The zero-order valence-electron chi connectivity index (χ0n) is 11.0. The molecule has 0 saturated carbocycles. The van der Waals surface area contributed by atoms with Gasteiger partial charge in [0, 0.05) is 12.8 Å². The van der Waals surface area contributed by atoms with Crippen LogP contribution < -0.4 is 5.32 Å². The fourth-order valence-corrected chi connectivity index (χ4v) is 2.67. The van der Waals surface area contributed by atoms with Crippen molar-refractivity contribution in [2.24, 2.45) is 0 Å². The first-order valence-corrected chi connectivity index (χ1v) is 6.89. The standard InChI is InChI=1S/C11H14N2OS.C2H6.H2/c1-4-8-6-9-10(15-8)11(14)13(5-2)7(3)12-9;1-2;/h6,12H,3-5H2,1-2H3;1-2H3;1H. The summed E-state index contributed by atoms with van der Waals surface area (Å²) >= 11 is 1.57. The van der Waals surface area contributed by atoms with Crippen LogP contribution in [-0.2, 0) is 6.42 Å². The highest BCUT2D eigenvalue weighted by atomic mass is 32.1. The molecule has 1 aromatic rings. The van der Waals surface area contributed by atoms with E-state index < -0.39 is 0 Å². The number of fused-ring (bicyclic) bond motifs is 1. The van der Waals surface area contributed by atoms with Gasteiger partial charge >= 0.3 is 0 Å². The van der Waals surface area contributed by atoms with Gasteiger partial charge in [0.1, 0.15) is 10.7 Å². The molecule has 0 saturated heterocycles. The fourth-order valence-electron chi connectivity index (χ4n) is 1.67. The third kappa shape index (κ3) is 2.52. The van der Waals surface area contributed by atoms with Crippen LogP contribution in [0, 0.1) is 0 Å². The average molecular weight is 254 g/mol. The van der Waals surface area contributed by atoms with Gasteiger partial charge in [0.2, 0.25) is 0 Å². The number of carbonyl (C=O) groups excluding carboxylic acids is 1. The molecule has 2 rings (SSSR count). The molecule has 0 bridgehead atoms. The Labute approximate surface area is 109 Å². The number of hydrogen-bond donors (Lipinski definition) is 1. The summed E-state index contributed by atoms with van der Waals surface area (Å²) in [5, 5.41) is 3.17. The predicted molar refractivity (Wildman–Crippen MR) is 76.6 cm³/mol. The summed E-state index contributed by atoms with van der Waals surface area (Å²) in [7, 11) is 0. The maximum Gasteiger partial charge on any atom is 0.271 e. The molecule has 1 aliphatic heterocycles. The summed E-state index contributed by atoms with van der Waals surface area (Å²) in [6.07, 6.45) is 0.964.